The van der Waals surface area contributed by atoms with Crippen molar-refractivity contribution in [2.75, 3.05) is 32.4 Å². The van der Waals surface area contributed by atoms with Gasteiger partial charge in [0.15, 0.2) is 0 Å². The predicted octanol–water partition coefficient (Wildman–Crippen LogP) is 3.18. The van der Waals surface area contributed by atoms with Gasteiger partial charge in [0.25, 0.3) is 0 Å². The van der Waals surface area contributed by atoms with Crippen LogP contribution in [0.5, 0.6) is 17.2 Å². The number of hydrogen-bond donors (Lipinski definition) is 2. The molecule has 0 unspecified atom stereocenters. The molecule has 0 amide bonds. The molecule has 0 aliphatic heterocycles. The fourth-order valence-electron chi connectivity index (χ4n) is 1.89. The fraction of sp³-hybridized carbons (Fsp3) is 0.200. The Morgan fingerprint density at radius 2 is 1.62 bits per heavy atom. The zero-order valence-corrected chi connectivity index (χ0v) is 12.1. The van der Waals surface area contributed by atoms with Crippen LogP contribution in [0.4, 0.5) is 21.5 Å². The van der Waals surface area contributed by atoms with Crippen LogP contribution in [-0.4, -0.2) is 21.3 Å². The number of nitrogens with one attached hydrogen (secondary N) is 1. The van der Waals surface area contributed by atoms with Gasteiger partial charge in [-0.3, -0.25) is 0 Å². The SMILES string of the molecule is COc1ccc(Nc2cc(OC)c(N)cc2F)c(OC)c1. The van der Waals surface area contributed by atoms with Crippen LogP contribution >= 0.6 is 0 Å². The number of ether oxygens (including phenoxy) is 3. The number of nitrogen functional groups attached to an aromatic ring is 1. The molecule has 21 heavy (non-hydrogen) atoms. The van der Waals surface area contributed by atoms with Gasteiger partial charge < -0.3 is 25.3 Å². The molecular weight excluding hydrogens is 275 g/mol. The number of anilines is 3. The second kappa shape index (κ2) is 6.21. The van der Waals surface area contributed by atoms with Crippen molar-refractivity contribution in [3.8, 4) is 17.2 Å². The number of rotatable bonds is 5. The fourth-order valence-corrected chi connectivity index (χ4v) is 1.89. The first-order chi connectivity index (χ1) is 10.1. The highest BCUT2D eigenvalue weighted by Gasteiger charge is 2.11. The number of benzene rings is 2. The molecule has 0 aliphatic carbocycles. The van der Waals surface area contributed by atoms with Crippen molar-refractivity contribution >= 4 is 17.1 Å². The predicted molar refractivity (Wildman–Crippen MR) is 80.2 cm³/mol. The Hall–Kier alpha value is -2.63. The van der Waals surface area contributed by atoms with Crippen LogP contribution < -0.4 is 25.3 Å². The highest BCUT2D eigenvalue weighted by molar-refractivity contribution is 5.71. The highest BCUT2D eigenvalue weighted by Crippen LogP contribution is 2.35. The molecule has 0 atom stereocenters. The molecule has 0 aromatic heterocycles. The average Bonchev–Trinajstić information content (AvgIpc) is 2.50. The third-order valence-corrected chi connectivity index (χ3v) is 3.00. The molecule has 0 fully saturated rings. The van der Waals surface area contributed by atoms with Crippen molar-refractivity contribution in [1.29, 1.82) is 0 Å². The van der Waals surface area contributed by atoms with Crippen molar-refractivity contribution in [1.82, 2.24) is 0 Å². The molecule has 2 aromatic carbocycles. The van der Waals surface area contributed by atoms with Gasteiger partial charge in [0.2, 0.25) is 0 Å². The summed E-state index contributed by atoms with van der Waals surface area (Å²) in [5.74, 6) is 1.09. The van der Waals surface area contributed by atoms with Gasteiger partial charge in [-0.1, -0.05) is 0 Å². The van der Waals surface area contributed by atoms with Crippen molar-refractivity contribution in [2.45, 2.75) is 0 Å². The van der Waals surface area contributed by atoms with Crippen LogP contribution in [0.1, 0.15) is 0 Å². The molecule has 2 rings (SSSR count). The summed E-state index contributed by atoms with van der Waals surface area (Å²) in [6.07, 6.45) is 0. The maximum atomic E-state index is 14.0. The number of nitrogens with two attached hydrogens (primary N) is 1. The van der Waals surface area contributed by atoms with Gasteiger partial charge in [-0.15, -0.1) is 0 Å². The maximum absolute atomic E-state index is 14.0. The Labute approximate surface area is 122 Å². The summed E-state index contributed by atoms with van der Waals surface area (Å²) in [6.45, 7) is 0. The summed E-state index contributed by atoms with van der Waals surface area (Å²) in [4.78, 5) is 0. The zero-order chi connectivity index (χ0) is 15.4. The first kappa shape index (κ1) is 14.8. The molecule has 0 saturated heterocycles. The van der Waals surface area contributed by atoms with E-state index in [0.717, 1.165) is 0 Å². The molecule has 0 spiro atoms. The molecule has 5 nitrogen and oxygen atoms in total. The van der Waals surface area contributed by atoms with Gasteiger partial charge in [0, 0.05) is 18.2 Å². The minimum atomic E-state index is -0.480. The van der Waals surface area contributed by atoms with Gasteiger partial charge in [0.05, 0.1) is 38.4 Å². The van der Waals surface area contributed by atoms with Crippen molar-refractivity contribution in [3.63, 3.8) is 0 Å². The summed E-state index contributed by atoms with van der Waals surface area (Å²) in [5, 5.41) is 2.95. The Morgan fingerprint density at radius 1 is 0.905 bits per heavy atom. The van der Waals surface area contributed by atoms with Gasteiger partial charge >= 0.3 is 0 Å². The Balaban J connectivity index is 2.38. The molecule has 112 valence electrons. The normalized spacial score (nSPS) is 10.1. The lowest BCUT2D eigenvalue weighted by molar-refractivity contribution is 0.395. The largest absolute Gasteiger partial charge is 0.497 e. The molecule has 0 radical (unpaired) electrons. The third kappa shape index (κ3) is 3.10. The number of hydrogen-bond acceptors (Lipinski definition) is 5. The van der Waals surface area contributed by atoms with E-state index in [2.05, 4.69) is 5.32 Å². The van der Waals surface area contributed by atoms with E-state index in [1.807, 2.05) is 0 Å². The van der Waals surface area contributed by atoms with E-state index in [9.17, 15) is 4.39 Å². The average molecular weight is 292 g/mol. The van der Waals surface area contributed by atoms with Crippen LogP contribution in [0, 0.1) is 5.82 Å². The second-order valence-electron chi connectivity index (χ2n) is 4.27. The lowest BCUT2D eigenvalue weighted by Crippen LogP contribution is -2.00. The van der Waals surface area contributed by atoms with Gasteiger partial charge in [0.1, 0.15) is 23.1 Å². The summed E-state index contributed by atoms with van der Waals surface area (Å²) in [5.41, 5.74) is 6.73. The number of methoxy groups -OCH3 is 3. The van der Waals surface area contributed by atoms with Crippen LogP contribution in [0.25, 0.3) is 0 Å². The first-order valence-corrected chi connectivity index (χ1v) is 6.21. The van der Waals surface area contributed by atoms with Crippen LogP contribution in [0.2, 0.25) is 0 Å². The van der Waals surface area contributed by atoms with Gasteiger partial charge in [-0.05, 0) is 12.1 Å². The van der Waals surface area contributed by atoms with E-state index < -0.39 is 5.82 Å². The van der Waals surface area contributed by atoms with E-state index in [0.29, 0.717) is 22.9 Å². The standard InChI is InChI=1S/C15H17FN2O3/c1-19-9-4-5-12(15(6-9)21-3)18-13-8-14(20-2)11(17)7-10(13)16/h4-8,18H,17H2,1-3H3. The van der Waals surface area contributed by atoms with Crippen molar-refractivity contribution < 1.29 is 18.6 Å². The summed E-state index contributed by atoms with van der Waals surface area (Å²) in [6, 6.07) is 7.89. The lowest BCUT2D eigenvalue weighted by Gasteiger charge is -2.14. The van der Waals surface area contributed by atoms with Gasteiger partial charge in [-0.2, -0.15) is 0 Å². The van der Waals surface area contributed by atoms with E-state index >= 15 is 0 Å². The van der Waals surface area contributed by atoms with E-state index in [-0.39, 0.29) is 11.4 Å². The van der Waals surface area contributed by atoms with E-state index in [1.165, 1.54) is 26.4 Å². The zero-order valence-electron chi connectivity index (χ0n) is 12.1. The lowest BCUT2D eigenvalue weighted by atomic mass is 10.2. The molecule has 3 N–H and O–H groups in total. The quantitative estimate of drug-likeness (QED) is 0.829. The first-order valence-electron chi connectivity index (χ1n) is 6.21. The molecule has 0 bridgehead atoms. The van der Waals surface area contributed by atoms with E-state index in [1.54, 1.807) is 25.3 Å². The maximum Gasteiger partial charge on any atom is 0.148 e. The van der Waals surface area contributed by atoms with Crippen LogP contribution in [-0.2, 0) is 0 Å². The molecule has 2 aromatic rings. The third-order valence-electron chi connectivity index (χ3n) is 3.00. The minimum Gasteiger partial charge on any atom is -0.497 e. The summed E-state index contributed by atoms with van der Waals surface area (Å²) >= 11 is 0. The summed E-state index contributed by atoms with van der Waals surface area (Å²) < 4.78 is 29.4. The molecule has 6 heteroatoms. The van der Waals surface area contributed by atoms with Crippen LogP contribution in [0.15, 0.2) is 30.3 Å². The summed E-state index contributed by atoms with van der Waals surface area (Å²) in [7, 11) is 4.56. The molecule has 0 saturated carbocycles. The topological polar surface area (TPSA) is 65.7 Å². The second-order valence-corrected chi connectivity index (χ2v) is 4.27. The Morgan fingerprint density at radius 3 is 2.24 bits per heavy atom. The van der Waals surface area contributed by atoms with Crippen LogP contribution in [0.3, 0.4) is 0 Å². The molecule has 0 aliphatic rings. The van der Waals surface area contributed by atoms with Crippen molar-refractivity contribution in [2.24, 2.45) is 0 Å². The minimum absolute atomic E-state index is 0.238. The smallest absolute Gasteiger partial charge is 0.148 e. The molecular formula is C15H17FN2O3. The van der Waals surface area contributed by atoms with Crippen molar-refractivity contribution in [3.05, 3.63) is 36.1 Å². The van der Waals surface area contributed by atoms with E-state index in [4.69, 9.17) is 19.9 Å². The number of halogens is 1. The highest BCUT2D eigenvalue weighted by atomic mass is 19.1. The Kier molecular flexibility index (Phi) is 4.37. The Bertz CT molecular complexity index is 647. The molecule has 0 heterocycles. The van der Waals surface area contributed by atoms with Gasteiger partial charge in [-0.25, -0.2) is 4.39 Å². The monoisotopic (exact) mass is 292 g/mol.